The highest BCUT2D eigenvalue weighted by Gasteiger charge is 2.05. The SMILES string of the molecule is COC(=O)c1ccc(CNC(=O)NCCc2ccc(OC)cc2)cc1. The number of rotatable bonds is 7. The molecule has 0 aliphatic rings. The number of hydrogen-bond acceptors (Lipinski definition) is 4. The van der Waals surface area contributed by atoms with Crippen LogP contribution in [0.3, 0.4) is 0 Å². The summed E-state index contributed by atoms with van der Waals surface area (Å²) in [5, 5.41) is 5.59. The Morgan fingerprint density at radius 1 is 0.880 bits per heavy atom. The average Bonchev–Trinajstić information content (AvgIpc) is 2.66. The number of amides is 2. The van der Waals surface area contributed by atoms with Crippen LogP contribution in [0.4, 0.5) is 4.79 Å². The van der Waals surface area contributed by atoms with Crippen molar-refractivity contribution in [3.05, 3.63) is 65.2 Å². The Hall–Kier alpha value is -3.02. The smallest absolute Gasteiger partial charge is 0.337 e. The van der Waals surface area contributed by atoms with Gasteiger partial charge in [-0.3, -0.25) is 0 Å². The summed E-state index contributed by atoms with van der Waals surface area (Å²) >= 11 is 0. The Labute approximate surface area is 147 Å². The second-order valence-corrected chi connectivity index (χ2v) is 5.40. The molecule has 2 aromatic carbocycles. The summed E-state index contributed by atoms with van der Waals surface area (Å²) < 4.78 is 9.75. The van der Waals surface area contributed by atoms with Crippen LogP contribution in [0.1, 0.15) is 21.5 Å². The summed E-state index contributed by atoms with van der Waals surface area (Å²) in [6.45, 7) is 0.926. The lowest BCUT2D eigenvalue weighted by Crippen LogP contribution is -2.36. The van der Waals surface area contributed by atoms with Gasteiger partial charge >= 0.3 is 12.0 Å². The molecule has 0 aromatic heterocycles. The van der Waals surface area contributed by atoms with Gasteiger partial charge < -0.3 is 20.1 Å². The molecule has 0 spiro atoms. The van der Waals surface area contributed by atoms with Crippen LogP contribution in [0.5, 0.6) is 5.75 Å². The molecule has 0 aliphatic heterocycles. The number of urea groups is 1. The van der Waals surface area contributed by atoms with Gasteiger partial charge in [0, 0.05) is 13.1 Å². The number of methoxy groups -OCH3 is 2. The first-order valence-corrected chi connectivity index (χ1v) is 7.94. The van der Waals surface area contributed by atoms with E-state index in [0.29, 0.717) is 18.7 Å². The molecule has 2 aromatic rings. The molecule has 0 radical (unpaired) electrons. The molecule has 2 rings (SSSR count). The number of hydrogen-bond donors (Lipinski definition) is 2. The maximum Gasteiger partial charge on any atom is 0.337 e. The first-order valence-electron chi connectivity index (χ1n) is 7.94. The highest BCUT2D eigenvalue weighted by Crippen LogP contribution is 2.11. The Bertz CT molecular complexity index is 696. The number of carbonyl (C=O) groups is 2. The lowest BCUT2D eigenvalue weighted by molar-refractivity contribution is 0.0600. The van der Waals surface area contributed by atoms with E-state index in [4.69, 9.17) is 4.74 Å². The van der Waals surface area contributed by atoms with E-state index < -0.39 is 0 Å². The minimum Gasteiger partial charge on any atom is -0.497 e. The molecule has 0 heterocycles. The molecule has 2 amide bonds. The molecule has 6 nitrogen and oxygen atoms in total. The van der Waals surface area contributed by atoms with E-state index in [1.165, 1.54) is 7.11 Å². The zero-order chi connectivity index (χ0) is 18.1. The van der Waals surface area contributed by atoms with Crippen molar-refractivity contribution in [2.75, 3.05) is 20.8 Å². The Morgan fingerprint density at radius 2 is 1.52 bits per heavy atom. The molecular weight excluding hydrogens is 320 g/mol. The van der Waals surface area contributed by atoms with E-state index in [2.05, 4.69) is 15.4 Å². The predicted octanol–water partition coefficient (Wildman–Crippen LogP) is 2.52. The molecule has 6 heteroatoms. The van der Waals surface area contributed by atoms with E-state index >= 15 is 0 Å². The summed E-state index contributed by atoms with van der Waals surface area (Å²) in [6, 6.07) is 14.4. The minimum atomic E-state index is -0.379. The maximum atomic E-state index is 11.8. The minimum absolute atomic E-state index is 0.231. The zero-order valence-corrected chi connectivity index (χ0v) is 14.4. The van der Waals surface area contributed by atoms with E-state index in [1.54, 1.807) is 31.4 Å². The van der Waals surface area contributed by atoms with Gasteiger partial charge in [0.1, 0.15) is 5.75 Å². The van der Waals surface area contributed by atoms with Crippen molar-refractivity contribution < 1.29 is 19.1 Å². The Kier molecular flexibility index (Phi) is 6.83. The second-order valence-electron chi connectivity index (χ2n) is 5.40. The number of benzene rings is 2. The topological polar surface area (TPSA) is 76.7 Å². The molecule has 0 saturated heterocycles. The molecule has 0 fully saturated rings. The van der Waals surface area contributed by atoms with Crippen LogP contribution >= 0.6 is 0 Å². The highest BCUT2D eigenvalue weighted by molar-refractivity contribution is 5.89. The molecule has 0 saturated carbocycles. The normalized spacial score (nSPS) is 10.0. The molecule has 2 N–H and O–H groups in total. The van der Waals surface area contributed by atoms with Crippen molar-refractivity contribution in [2.45, 2.75) is 13.0 Å². The van der Waals surface area contributed by atoms with Crippen LogP contribution in [0.25, 0.3) is 0 Å². The fourth-order valence-corrected chi connectivity index (χ4v) is 2.23. The van der Waals surface area contributed by atoms with Crippen molar-refractivity contribution in [1.82, 2.24) is 10.6 Å². The van der Waals surface area contributed by atoms with E-state index in [1.807, 2.05) is 24.3 Å². The van der Waals surface area contributed by atoms with Crippen LogP contribution in [0.15, 0.2) is 48.5 Å². The van der Waals surface area contributed by atoms with Gasteiger partial charge in [0.15, 0.2) is 0 Å². The summed E-state index contributed by atoms with van der Waals surface area (Å²) in [7, 11) is 2.97. The van der Waals surface area contributed by atoms with Crippen LogP contribution in [-0.4, -0.2) is 32.8 Å². The number of carbonyl (C=O) groups excluding carboxylic acids is 2. The monoisotopic (exact) mass is 342 g/mol. The van der Waals surface area contributed by atoms with Gasteiger partial charge in [0.2, 0.25) is 0 Å². The quantitative estimate of drug-likeness (QED) is 0.758. The lowest BCUT2D eigenvalue weighted by atomic mass is 10.1. The third kappa shape index (κ3) is 5.84. The summed E-state index contributed by atoms with van der Waals surface area (Å²) in [4.78, 5) is 23.2. The largest absolute Gasteiger partial charge is 0.497 e. The molecule has 132 valence electrons. The van der Waals surface area contributed by atoms with Crippen molar-refractivity contribution in [1.29, 1.82) is 0 Å². The predicted molar refractivity (Wildman–Crippen MR) is 94.7 cm³/mol. The molecule has 0 atom stereocenters. The Morgan fingerprint density at radius 3 is 2.12 bits per heavy atom. The van der Waals surface area contributed by atoms with Crippen LogP contribution in [-0.2, 0) is 17.7 Å². The number of ether oxygens (including phenoxy) is 2. The first-order chi connectivity index (χ1) is 12.1. The van der Waals surface area contributed by atoms with E-state index in [0.717, 1.165) is 23.3 Å². The fraction of sp³-hybridized carbons (Fsp3) is 0.263. The summed E-state index contributed by atoms with van der Waals surface area (Å²) in [5.41, 5.74) is 2.51. The van der Waals surface area contributed by atoms with E-state index in [9.17, 15) is 9.59 Å². The second kappa shape index (κ2) is 9.32. The maximum absolute atomic E-state index is 11.8. The summed E-state index contributed by atoms with van der Waals surface area (Å²) in [5.74, 6) is 0.434. The van der Waals surface area contributed by atoms with Gasteiger partial charge in [0.25, 0.3) is 0 Å². The van der Waals surface area contributed by atoms with Crippen LogP contribution in [0.2, 0.25) is 0 Å². The molecular formula is C19H22N2O4. The van der Waals surface area contributed by atoms with Gasteiger partial charge in [-0.2, -0.15) is 0 Å². The van der Waals surface area contributed by atoms with Crippen molar-refractivity contribution in [3.63, 3.8) is 0 Å². The van der Waals surface area contributed by atoms with Gasteiger partial charge in [-0.25, -0.2) is 9.59 Å². The van der Waals surface area contributed by atoms with Gasteiger partial charge in [-0.15, -0.1) is 0 Å². The number of nitrogens with one attached hydrogen (secondary N) is 2. The molecule has 0 aliphatic carbocycles. The lowest BCUT2D eigenvalue weighted by Gasteiger charge is -2.08. The Balaban J connectivity index is 1.70. The van der Waals surface area contributed by atoms with E-state index in [-0.39, 0.29) is 12.0 Å². The van der Waals surface area contributed by atoms with Gasteiger partial charge in [-0.1, -0.05) is 24.3 Å². The molecule has 0 bridgehead atoms. The van der Waals surface area contributed by atoms with Gasteiger partial charge in [0.05, 0.1) is 19.8 Å². The van der Waals surface area contributed by atoms with Crippen molar-refractivity contribution >= 4 is 12.0 Å². The van der Waals surface area contributed by atoms with Crippen molar-refractivity contribution in [2.24, 2.45) is 0 Å². The van der Waals surface area contributed by atoms with Crippen LogP contribution < -0.4 is 15.4 Å². The van der Waals surface area contributed by atoms with Crippen molar-refractivity contribution in [3.8, 4) is 5.75 Å². The molecule has 25 heavy (non-hydrogen) atoms. The third-order valence-electron chi connectivity index (χ3n) is 3.69. The van der Waals surface area contributed by atoms with Crippen LogP contribution in [0, 0.1) is 0 Å². The summed E-state index contributed by atoms with van der Waals surface area (Å²) in [6.07, 6.45) is 0.741. The highest BCUT2D eigenvalue weighted by atomic mass is 16.5. The molecule has 0 unspecified atom stereocenters. The third-order valence-corrected chi connectivity index (χ3v) is 3.69. The number of esters is 1. The van der Waals surface area contributed by atoms with Gasteiger partial charge in [-0.05, 0) is 41.8 Å². The average molecular weight is 342 g/mol. The first kappa shape index (κ1) is 18.3. The fourth-order valence-electron chi connectivity index (χ4n) is 2.23. The standard InChI is InChI=1S/C19H22N2O4/c1-24-17-9-5-14(6-10-17)11-12-20-19(23)21-13-15-3-7-16(8-4-15)18(22)25-2/h3-10H,11-13H2,1-2H3,(H2,20,21,23). The zero-order valence-electron chi connectivity index (χ0n) is 14.4.